The summed E-state index contributed by atoms with van der Waals surface area (Å²) in [5.41, 5.74) is 2.26. The van der Waals surface area contributed by atoms with Gasteiger partial charge >= 0.3 is 0 Å². The van der Waals surface area contributed by atoms with Crippen LogP contribution < -0.4 is 0 Å². The summed E-state index contributed by atoms with van der Waals surface area (Å²) < 4.78 is 21.4. The van der Waals surface area contributed by atoms with E-state index in [0.29, 0.717) is 19.3 Å². The number of hydrogen-bond acceptors (Lipinski definition) is 2. The van der Waals surface area contributed by atoms with E-state index in [9.17, 15) is 8.42 Å². The van der Waals surface area contributed by atoms with Crippen molar-refractivity contribution in [1.29, 1.82) is 0 Å². The molecule has 1 saturated carbocycles. The van der Waals surface area contributed by atoms with E-state index in [4.69, 9.17) is 22.3 Å². The Kier molecular flexibility index (Phi) is 2.76. The second kappa shape index (κ2) is 3.20. The predicted molar refractivity (Wildman–Crippen MR) is 51.0 cm³/mol. The van der Waals surface area contributed by atoms with Crippen LogP contribution in [-0.2, 0) is 9.05 Å². The maximum atomic E-state index is 11.1. The molecule has 70 valence electrons. The van der Waals surface area contributed by atoms with Crippen molar-refractivity contribution >= 4 is 31.3 Å². The zero-order valence-corrected chi connectivity index (χ0v) is 9.01. The van der Waals surface area contributed by atoms with Crippen LogP contribution in [0.5, 0.6) is 0 Å². The van der Waals surface area contributed by atoms with Crippen LogP contribution in [0.1, 0.15) is 26.2 Å². The van der Waals surface area contributed by atoms with Gasteiger partial charge in [0.25, 0.3) is 0 Å². The zero-order chi connectivity index (χ0) is 9.41. The van der Waals surface area contributed by atoms with Gasteiger partial charge in [0.2, 0.25) is 9.05 Å². The molecule has 0 aromatic carbocycles. The van der Waals surface area contributed by atoms with E-state index in [1.807, 2.05) is 0 Å². The molecule has 0 radical (unpaired) electrons. The van der Waals surface area contributed by atoms with Crippen molar-refractivity contribution in [2.75, 3.05) is 0 Å². The van der Waals surface area contributed by atoms with Gasteiger partial charge in [-0.15, -0.1) is 0 Å². The van der Waals surface area contributed by atoms with Crippen LogP contribution in [0.4, 0.5) is 0 Å². The molecular weight excluding hydrogens is 219 g/mol. The van der Waals surface area contributed by atoms with Crippen molar-refractivity contribution in [3.05, 3.63) is 11.1 Å². The molecule has 2 nitrogen and oxygen atoms in total. The molecule has 1 aliphatic carbocycles. The second-order valence-electron chi connectivity index (χ2n) is 3.25. The summed E-state index contributed by atoms with van der Waals surface area (Å²) in [5, 5.41) is 0. The first-order valence-electron chi connectivity index (χ1n) is 3.61. The summed E-state index contributed by atoms with van der Waals surface area (Å²) in [6, 6.07) is 0. The fourth-order valence-electron chi connectivity index (χ4n) is 1.19. The Morgan fingerprint density at radius 2 is 2.08 bits per heavy atom. The molecule has 0 amide bonds. The SMILES string of the molecule is C/C(=C\Cl)CC1(S(=O)(=O)Cl)CC1. The molecule has 0 unspecified atom stereocenters. The highest BCUT2D eigenvalue weighted by Gasteiger charge is 2.53. The number of allylic oxidation sites excluding steroid dienone is 1. The molecule has 0 bridgehead atoms. The van der Waals surface area contributed by atoms with Gasteiger partial charge in [-0.1, -0.05) is 17.2 Å². The van der Waals surface area contributed by atoms with E-state index in [1.165, 1.54) is 5.54 Å². The van der Waals surface area contributed by atoms with Gasteiger partial charge < -0.3 is 0 Å². The van der Waals surface area contributed by atoms with Gasteiger partial charge in [-0.05, 0) is 26.2 Å². The average Bonchev–Trinajstić information content (AvgIpc) is 2.67. The molecule has 0 atom stereocenters. The number of hydrogen-bond donors (Lipinski definition) is 0. The quantitative estimate of drug-likeness (QED) is 0.697. The summed E-state index contributed by atoms with van der Waals surface area (Å²) in [4.78, 5) is 0. The normalized spacial score (nSPS) is 22.4. The summed E-state index contributed by atoms with van der Waals surface area (Å²) in [7, 11) is 1.87. The Morgan fingerprint density at radius 3 is 2.33 bits per heavy atom. The van der Waals surface area contributed by atoms with Gasteiger partial charge in [-0.2, -0.15) is 0 Å². The third kappa shape index (κ3) is 1.95. The van der Waals surface area contributed by atoms with E-state index in [1.54, 1.807) is 6.92 Å². The molecule has 12 heavy (non-hydrogen) atoms. The Morgan fingerprint density at radius 1 is 1.58 bits per heavy atom. The summed E-state index contributed by atoms with van der Waals surface area (Å²) in [6.07, 6.45) is 1.77. The fraction of sp³-hybridized carbons (Fsp3) is 0.714. The molecular formula is C7H10Cl2O2S. The molecule has 0 spiro atoms. The highest BCUT2D eigenvalue weighted by Crippen LogP contribution is 2.49. The molecule has 1 rings (SSSR count). The number of rotatable bonds is 3. The predicted octanol–water partition coefficient (Wildman–Crippen LogP) is 2.62. The lowest BCUT2D eigenvalue weighted by molar-refractivity contribution is 0.589. The molecule has 0 heterocycles. The highest BCUT2D eigenvalue weighted by molar-refractivity contribution is 8.15. The summed E-state index contributed by atoms with van der Waals surface area (Å²) in [5.74, 6) is 0. The van der Waals surface area contributed by atoms with Crippen LogP contribution in [-0.4, -0.2) is 13.2 Å². The lowest BCUT2D eigenvalue weighted by atomic mass is 10.2. The second-order valence-corrected chi connectivity index (χ2v) is 6.43. The van der Waals surface area contributed by atoms with E-state index in [0.717, 1.165) is 5.57 Å². The van der Waals surface area contributed by atoms with Gasteiger partial charge in [-0.3, -0.25) is 0 Å². The summed E-state index contributed by atoms with van der Waals surface area (Å²) in [6.45, 7) is 1.80. The van der Waals surface area contributed by atoms with Gasteiger partial charge in [-0.25, -0.2) is 8.42 Å². The zero-order valence-electron chi connectivity index (χ0n) is 6.68. The van der Waals surface area contributed by atoms with Crippen LogP contribution in [0.25, 0.3) is 0 Å². The van der Waals surface area contributed by atoms with Gasteiger partial charge in [0.05, 0.1) is 4.75 Å². The Balaban J connectivity index is 2.76. The van der Waals surface area contributed by atoms with Crippen molar-refractivity contribution in [3.8, 4) is 0 Å². The van der Waals surface area contributed by atoms with Crippen molar-refractivity contribution in [2.45, 2.75) is 30.9 Å². The Labute approximate surface area is 82.0 Å². The Hall–Kier alpha value is 0.270. The van der Waals surface area contributed by atoms with Crippen LogP contribution >= 0.6 is 22.3 Å². The van der Waals surface area contributed by atoms with Gasteiger partial charge in [0, 0.05) is 16.2 Å². The lowest BCUT2D eigenvalue weighted by Gasteiger charge is -2.09. The molecule has 0 saturated heterocycles. The van der Waals surface area contributed by atoms with Crippen molar-refractivity contribution < 1.29 is 8.42 Å². The smallest absolute Gasteiger partial charge is 0.212 e. The van der Waals surface area contributed by atoms with Crippen LogP contribution in [0.2, 0.25) is 0 Å². The van der Waals surface area contributed by atoms with E-state index in [-0.39, 0.29) is 0 Å². The first kappa shape index (κ1) is 10.4. The van der Waals surface area contributed by atoms with Crippen LogP contribution in [0, 0.1) is 0 Å². The highest BCUT2D eigenvalue weighted by atomic mass is 35.7. The molecule has 0 aliphatic heterocycles. The monoisotopic (exact) mass is 228 g/mol. The topological polar surface area (TPSA) is 34.1 Å². The molecule has 0 aromatic heterocycles. The maximum absolute atomic E-state index is 11.1. The van der Waals surface area contributed by atoms with E-state index < -0.39 is 13.8 Å². The molecule has 0 N–H and O–H groups in total. The number of halogens is 2. The fourth-order valence-corrected chi connectivity index (χ4v) is 2.89. The molecule has 1 fully saturated rings. The van der Waals surface area contributed by atoms with Gasteiger partial charge in [0.1, 0.15) is 0 Å². The van der Waals surface area contributed by atoms with Crippen molar-refractivity contribution in [3.63, 3.8) is 0 Å². The van der Waals surface area contributed by atoms with Crippen molar-refractivity contribution in [2.24, 2.45) is 0 Å². The Bertz CT molecular complexity index is 301. The molecule has 5 heteroatoms. The van der Waals surface area contributed by atoms with Crippen molar-refractivity contribution in [1.82, 2.24) is 0 Å². The van der Waals surface area contributed by atoms with Crippen LogP contribution in [0.3, 0.4) is 0 Å². The van der Waals surface area contributed by atoms with E-state index in [2.05, 4.69) is 0 Å². The first-order chi connectivity index (χ1) is 5.41. The lowest BCUT2D eigenvalue weighted by Crippen LogP contribution is -2.17. The van der Waals surface area contributed by atoms with E-state index >= 15 is 0 Å². The standard InChI is InChI=1S/C7H10Cl2O2S/c1-6(5-8)4-7(2-3-7)12(9,10)11/h5H,2-4H2,1H3/b6-5+. The first-order valence-corrected chi connectivity index (χ1v) is 6.36. The minimum Gasteiger partial charge on any atom is -0.212 e. The summed E-state index contributed by atoms with van der Waals surface area (Å²) >= 11 is 5.44. The molecule has 1 aliphatic rings. The minimum absolute atomic E-state index is 0.461. The van der Waals surface area contributed by atoms with Crippen LogP contribution in [0.15, 0.2) is 11.1 Å². The third-order valence-electron chi connectivity index (χ3n) is 2.11. The third-order valence-corrected chi connectivity index (χ3v) is 5.05. The minimum atomic E-state index is -3.42. The van der Waals surface area contributed by atoms with Gasteiger partial charge in [0.15, 0.2) is 0 Å². The average molecular weight is 229 g/mol. The maximum Gasteiger partial charge on any atom is 0.238 e. The molecule has 0 aromatic rings. The largest absolute Gasteiger partial charge is 0.238 e.